The highest BCUT2D eigenvalue weighted by Crippen LogP contribution is 2.20. The van der Waals surface area contributed by atoms with Gasteiger partial charge in [-0.15, -0.1) is 0 Å². The molecule has 0 aliphatic rings. The summed E-state index contributed by atoms with van der Waals surface area (Å²) in [6.07, 6.45) is 1.52. The third kappa shape index (κ3) is 4.71. The maximum Gasteiger partial charge on any atom is 0.255 e. The molecule has 3 aromatic rings. The number of nitrogens with zero attached hydrogens (tertiary/aromatic N) is 2. The first-order valence-corrected chi connectivity index (χ1v) is 8.46. The molecule has 2 amide bonds. The zero-order chi connectivity index (χ0) is 19.9. The Kier molecular flexibility index (Phi) is 5.63. The molecule has 28 heavy (non-hydrogen) atoms. The second-order valence-corrected chi connectivity index (χ2v) is 5.92. The normalized spacial score (nSPS) is 9.86. The van der Waals surface area contributed by atoms with Crippen LogP contribution in [0.3, 0.4) is 0 Å². The maximum atomic E-state index is 12.5. The molecule has 7 heteroatoms. The first kappa shape index (κ1) is 18.6. The van der Waals surface area contributed by atoms with Crippen molar-refractivity contribution in [3.8, 4) is 6.07 Å². The van der Waals surface area contributed by atoms with Crippen molar-refractivity contribution in [1.82, 2.24) is 4.98 Å². The Morgan fingerprint density at radius 1 is 0.964 bits per heavy atom. The first-order chi connectivity index (χ1) is 13.5. The van der Waals surface area contributed by atoms with Crippen LogP contribution in [0.1, 0.15) is 22.8 Å². The van der Waals surface area contributed by atoms with Gasteiger partial charge < -0.3 is 16.0 Å². The number of para-hydroxylation sites is 1. The molecule has 0 aliphatic heterocycles. The summed E-state index contributed by atoms with van der Waals surface area (Å²) in [5.74, 6) is -0.00535. The van der Waals surface area contributed by atoms with E-state index in [1.54, 1.807) is 54.6 Å². The smallest absolute Gasteiger partial charge is 0.255 e. The number of carbonyl (C=O) groups excluding carboxylic acids is 2. The van der Waals surface area contributed by atoms with Crippen LogP contribution in [0.15, 0.2) is 66.9 Å². The molecule has 1 aromatic heterocycles. The van der Waals surface area contributed by atoms with E-state index in [0.29, 0.717) is 34.0 Å². The lowest BCUT2D eigenvalue weighted by atomic mass is 10.2. The zero-order valence-electron chi connectivity index (χ0n) is 15.1. The second kappa shape index (κ2) is 8.47. The Balaban J connectivity index is 1.72. The fourth-order valence-corrected chi connectivity index (χ4v) is 2.51. The van der Waals surface area contributed by atoms with Crippen LogP contribution in [0.25, 0.3) is 0 Å². The number of nitriles is 1. The van der Waals surface area contributed by atoms with Crippen molar-refractivity contribution in [2.24, 2.45) is 0 Å². The first-order valence-electron chi connectivity index (χ1n) is 8.46. The van der Waals surface area contributed by atoms with E-state index in [1.807, 2.05) is 6.07 Å². The number of pyridine rings is 1. The molecule has 0 bridgehead atoms. The molecular weight excluding hydrogens is 354 g/mol. The van der Waals surface area contributed by atoms with Crippen molar-refractivity contribution in [2.45, 2.75) is 6.92 Å². The molecule has 7 nitrogen and oxygen atoms in total. The number of carbonyl (C=O) groups is 2. The van der Waals surface area contributed by atoms with Crippen LogP contribution < -0.4 is 16.0 Å². The van der Waals surface area contributed by atoms with Gasteiger partial charge in [-0.2, -0.15) is 5.26 Å². The summed E-state index contributed by atoms with van der Waals surface area (Å²) in [5, 5.41) is 17.7. The van der Waals surface area contributed by atoms with Gasteiger partial charge in [-0.05, 0) is 48.5 Å². The third-order valence-electron chi connectivity index (χ3n) is 3.80. The standard InChI is InChI=1S/C21H17N5O2/c1-14(27)24-17-6-8-18(9-7-17)25-21(28)15-10-11-23-20(12-15)26-19-5-3-2-4-16(19)13-22/h2-12H,1H3,(H,23,26)(H,24,27)(H,25,28). The zero-order valence-corrected chi connectivity index (χ0v) is 15.1. The van der Waals surface area contributed by atoms with E-state index >= 15 is 0 Å². The molecule has 3 N–H and O–H groups in total. The van der Waals surface area contributed by atoms with Crippen molar-refractivity contribution in [3.05, 3.63) is 78.0 Å². The van der Waals surface area contributed by atoms with Gasteiger partial charge in [-0.25, -0.2) is 4.98 Å². The van der Waals surface area contributed by atoms with Gasteiger partial charge >= 0.3 is 0 Å². The summed E-state index contributed by atoms with van der Waals surface area (Å²) in [4.78, 5) is 27.8. The molecule has 0 radical (unpaired) electrons. The van der Waals surface area contributed by atoms with Gasteiger partial charge in [0.05, 0.1) is 11.3 Å². The Bertz CT molecular complexity index is 1050. The van der Waals surface area contributed by atoms with E-state index < -0.39 is 0 Å². The Labute approximate surface area is 162 Å². The molecule has 0 atom stereocenters. The molecule has 0 fully saturated rings. The number of nitrogens with one attached hydrogen (secondary N) is 3. The summed E-state index contributed by atoms with van der Waals surface area (Å²) in [6, 6.07) is 19.2. The lowest BCUT2D eigenvalue weighted by Gasteiger charge is -2.10. The Morgan fingerprint density at radius 2 is 1.64 bits per heavy atom. The van der Waals surface area contributed by atoms with Crippen molar-refractivity contribution in [3.63, 3.8) is 0 Å². The summed E-state index contributed by atoms with van der Waals surface area (Å²) in [5.41, 5.74) is 2.76. The van der Waals surface area contributed by atoms with Crippen molar-refractivity contribution in [1.29, 1.82) is 5.26 Å². The van der Waals surface area contributed by atoms with Crippen LogP contribution >= 0.6 is 0 Å². The molecule has 2 aromatic carbocycles. The van der Waals surface area contributed by atoms with Gasteiger partial charge in [-0.1, -0.05) is 12.1 Å². The van der Waals surface area contributed by atoms with E-state index in [-0.39, 0.29) is 11.8 Å². The Morgan fingerprint density at radius 3 is 2.32 bits per heavy atom. The number of benzene rings is 2. The van der Waals surface area contributed by atoms with E-state index in [4.69, 9.17) is 0 Å². The van der Waals surface area contributed by atoms with Gasteiger partial charge in [0.25, 0.3) is 5.91 Å². The summed E-state index contributed by atoms with van der Waals surface area (Å²) < 4.78 is 0. The van der Waals surface area contributed by atoms with Crippen LogP contribution in [-0.4, -0.2) is 16.8 Å². The largest absolute Gasteiger partial charge is 0.339 e. The van der Waals surface area contributed by atoms with Crippen LogP contribution in [0.5, 0.6) is 0 Å². The maximum absolute atomic E-state index is 12.5. The van der Waals surface area contributed by atoms with E-state index in [0.717, 1.165) is 0 Å². The predicted molar refractivity (Wildman–Crippen MR) is 107 cm³/mol. The average Bonchev–Trinajstić information content (AvgIpc) is 2.70. The number of aromatic nitrogens is 1. The molecule has 0 unspecified atom stereocenters. The molecular formula is C21H17N5O2. The minimum atomic E-state index is -0.300. The van der Waals surface area contributed by atoms with Crippen LogP contribution in [-0.2, 0) is 4.79 Å². The highest BCUT2D eigenvalue weighted by Gasteiger charge is 2.09. The van der Waals surface area contributed by atoms with E-state index in [9.17, 15) is 14.9 Å². The fraction of sp³-hybridized carbons (Fsp3) is 0.0476. The lowest BCUT2D eigenvalue weighted by Crippen LogP contribution is -2.12. The highest BCUT2D eigenvalue weighted by atomic mass is 16.2. The molecule has 0 spiro atoms. The Hall–Kier alpha value is -4.18. The van der Waals surface area contributed by atoms with Crippen LogP contribution in [0, 0.1) is 11.3 Å². The van der Waals surface area contributed by atoms with Gasteiger partial charge in [0.1, 0.15) is 11.9 Å². The number of anilines is 4. The minimum absolute atomic E-state index is 0.161. The molecule has 3 rings (SSSR count). The minimum Gasteiger partial charge on any atom is -0.339 e. The summed E-state index contributed by atoms with van der Waals surface area (Å²) >= 11 is 0. The topological polar surface area (TPSA) is 107 Å². The number of hydrogen-bond acceptors (Lipinski definition) is 5. The number of rotatable bonds is 5. The van der Waals surface area contributed by atoms with Crippen LogP contribution in [0.2, 0.25) is 0 Å². The quantitative estimate of drug-likeness (QED) is 0.630. The number of hydrogen-bond donors (Lipinski definition) is 3. The van der Waals surface area contributed by atoms with E-state index in [1.165, 1.54) is 13.1 Å². The fourth-order valence-electron chi connectivity index (χ4n) is 2.51. The lowest BCUT2D eigenvalue weighted by molar-refractivity contribution is -0.114. The molecule has 0 saturated carbocycles. The van der Waals surface area contributed by atoms with Crippen molar-refractivity contribution < 1.29 is 9.59 Å². The summed E-state index contributed by atoms with van der Waals surface area (Å²) in [7, 11) is 0. The molecule has 138 valence electrons. The summed E-state index contributed by atoms with van der Waals surface area (Å²) in [6.45, 7) is 1.43. The van der Waals surface area contributed by atoms with Gasteiger partial charge in [-0.3, -0.25) is 9.59 Å². The predicted octanol–water partition coefficient (Wildman–Crippen LogP) is 3.91. The molecule has 0 aliphatic carbocycles. The van der Waals surface area contributed by atoms with E-state index in [2.05, 4.69) is 27.0 Å². The van der Waals surface area contributed by atoms with Crippen LogP contribution in [0.4, 0.5) is 22.9 Å². The highest BCUT2D eigenvalue weighted by molar-refractivity contribution is 6.04. The van der Waals surface area contributed by atoms with Gasteiger partial charge in [0.2, 0.25) is 5.91 Å². The van der Waals surface area contributed by atoms with Gasteiger partial charge in [0, 0.05) is 30.1 Å². The monoisotopic (exact) mass is 371 g/mol. The molecule has 0 saturated heterocycles. The second-order valence-electron chi connectivity index (χ2n) is 5.92. The number of amides is 2. The van der Waals surface area contributed by atoms with Crippen molar-refractivity contribution in [2.75, 3.05) is 16.0 Å². The van der Waals surface area contributed by atoms with Gasteiger partial charge in [0.15, 0.2) is 0 Å². The average molecular weight is 371 g/mol. The SMILES string of the molecule is CC(=O)Nc1ccc(NC(=O)c2ccnc(Nc3ccccc3C#N)c2)cc1. The third-order valence-corrected chi connectivity index (χ3v) is 3.80. The van der Waals surface area contributed by atoms with Crippen molar-refractivity contribution >= 4 is 34.7 Å². The molecule has 1 heterocycles.